The summed E-state index contributed by atoms with van der Waals surface area (Å²) >= 11 is 5.93. The molecule has 0 aliphatic carbocycles. The Labute approximate surface area is 155 Å². The van der Waals surface area contributed by atoms with Gasteiger partial charge in [-0.2, -0.15) is 0 Å². The van der Waals surface area contributed by atoms with Gasteiger partial charge in [0.2, 0.25) is 5.91 Å². The van der Waals surface area contributed by atoms with Crippen LogP contribution in [0.4, 0.5) is 4.39 Å². The zero-order valence-electron chi connectivity index (χ0n) is 13.9. The predicted molar refractivity (Wildman–Crippen MR) is 96.2 cm³/mol. The molecule has 0 fully saturated rings. The van der Waals surface area contributed by atoms with Crippen molar-refractivity contribution in [2.75, 3.05) is 6.54 Å². The minimum atomic E-state index is -0.305. The highest BCUT2D eigenvalue weighted by atomic mass is 35.5. The van der Waals surface area contributed by atoms with Crippen LogP contribution in [0.3, 0.4) is 0 Å². The minimum absolute atomic E-state index is 0.00157. The molecular formula is C20H16ClFN2O2. The van der Waals surface area contributed by atoms with Gasteiger partial charge in [0.25, 0.3) is 0 Å². The second-order valence-corrected chi connectivity index (χ2v) is 6.75. The number of nitrogens with zero attached hydrogens (tertiary/aromatic N) is 2. The third-order valence-corrected chi connectivity index (χ3v) is 4.82. The molecule has 1 amide bonds. The molecule has 1 aromatic heterocycles. The summed E-state index contributed by atoms with van der Waals surface area (Å²) in [7, 11) is 0. The van der Waals surface area contributed by atoms with Crippen molar-refractivity contribution < 1.29 is 13.7 Å². The highest BCUT2D eigenvalue weighted by molar-refractivity contribution is 6.30. The Morgan fingerprint density at radius 2 is 1.88 bits per heavy atom. The quantitative estimate of drug-likeness (QED) is 0.692. The normalized spacial score (nSPS) is 13.5. The molecule has 0 atom stereocenters. The van der Waals surface area contributed by atoms with Gasteiger partial charge in [-0.1, -0.05) is 28.9 Å². The lowest BCUT2D eigenvalue weighted by Crippen LogP contribution is -2.36. The van der Waals surface area contributed by atoms with Gasteiger partial charge in [-0.05, 0) is 48.4 Å². The van der Waals surface area contributed by atoms with Gasteiger partial charge in [0.15, 0.2) is 5.76 Å². The SMILES string of the molecule is O=C(Cc1ccc(F)cc1)N1CCc2c(noc2-c2ccc(Cl)cc2)C1. The van der Waals surface area contributed by atoms with E-state index in [2.05, 4.69) is 5.16 Å². The number of rotatable bonds is 3. The van der Waals surface area contributed by atoms with Crippen LogP contribution in [0.15, 0.2) is 53.1 Å². The first-order valence-electron chi connectivity index (χ1n) is 8.36. The number of benzene rings is 2. The zero-order valence-corrected chi connectivity index (χ0v) is 14.7. The number of carbonyl (C=O) groups is 1. The van der Waals surface area contributed by atoms with Crippen LogP contribution < -0.4 is 0 Å². The number of hydrogen-bond acceptors (Lipinski definition) is 3. The molecule has 3 aromatic rings. The fourth-order valence-electron chi connectivity index (χ4n) is 3.16. The summed E-state index contributed by atoms with van der Waals surface area (Å²) in [6, 6.07) is 13.4. The summed E-state index contributed by atoms with van der Waals surface area (Å²) in [5, 5.41) is 4.82. The zero-order chi connectivity index (χ0) is 18.1. The van der Waals surface area contributed by atoms with Crippen LogP contribution in [0.5, 0.6) is 0 Å². The molecule has 0 radical (unpaired) electrons. The van der Waals surface area contributed by atoms with E-state index in [0.29, 0.717) is 24.5 Å². The van der Waals surface area contributed by atoms with Crippen LogP contribution in [0.2, 0.25) is 5.02 Å². The monoisotopic (exact) mass is 370 g/mol. The maximum Gasteiger partial charge on any atom is 0.227 e. The first kappa shape index (κ1) is 16.8. The second kappa shape index (κ2) is 6.92. The van der Waals surface area contributed by atoms with Crippen LogP contribution in [0, 0.1) is 5.82 Å². The molecule has 1 aliphatic rings. The van der Waals surface area contributed by atoms with Crippen LogP contribution in [-0.2, 0) is 24.2 Å². The number of aromatic nitrogens is 1. The van der Waals surface area contributed by atoms with E-state index in [1.54, 1.807) is 17.0 Å². The molecule has 132 valence electrons. The summed E-state index contributed by atoms with van der Waals surface area (Å²) in [5.74, 6) is 0.432. The van der Waals surface area contributed by atoms with Gasteiger partial charge < -0.3 is 9.42 Å². The van der Waals surface area contributed by atoms with E-state index < -0.39 is 0 Å². The average molecular weight is 371 g/mol. The van der Waals surface area contributed by atoms with Gasteiger partial charge in [-0.3, -0.25) is 4.79 Å². The van der Waals surface area contributed by atoms with Crippen molar-refractivity contribution in [3.05, 3.63) is 76.2 Å². The number of fused-ring (bicyclic) bond motifs is 1. The molecule has 0 saturated heterocycles. The molecule has 4 nitrogen and oxygen atoms in total. The van der Waals surface area contributed by atoms with Gasteiger partial charge in [0.1, 0.15) is 11.5 Å². The Morgan fingerprint density at radius 3 is 2.62 bits per heavy atom. The van der Waals surface area contributed by atoms with Crippen molar-refractivity contribution in [2.24, 2.45) is 0 Å². The predicted octanol–water partition coefficient (Wildman–Crippen LogP) is 4.26. The third kappa shape index (κ3) is 3.35. The Hall–Kier alpha value is -2.66. The molecule has 2 heterocycles. The molecule has 26 heavy (non-hydrogen) atoms. The molecule has 0 spiro atoms. The number of amides is 1. The van der Waals surface area contributed by atoms with E-state index in [1.165, 1.54) is 12.1 Å². The standard InChI is InChI=1S/C20H16ClFN2O2/c21-15-5-3-14(4-6-15)20-17-9-10-24(12-18(17)23-26-20)19(25)11-13-1-7-16(22)8-2-13/h1-8H,9-12H2. The summed E-state index contributed by atoms with van der Waals surface area (Å²) in [5.41, 5.74) is 3.55. The maximum absolute atomic E-state index is 13.0. The lowest BCUT2D eigenvalue weighted by Gasteiger charge is -2.26. The summed E-state index contributed by atoms with van der Waals surface area (Å²) in [6.45, 7) is 1.03. The van der Waals surface area contributed by atoms with Crippen molar-refractivity contribution in [1.29, 1.82) is 0 Å². The Morgan fingerprint density at radius 1 is 1.15 bits per heavy atom. The van der Waals surface area contributed by atoms with Gasteiger partial charge in [0, 0.05) is 22.7 Å². The van der Waals surface area contributed by atoms with Crippen LogP contribution in [-0.4, -0.2) is 22.5 Å². The molecule has 0 bridgehead atoms. The molecule has 0 N–H and O–H groups in total. The van der Waals surface area contributed by atoms with Crippen molar-refractivity contribution in [2.45, 2.75) is 19.4 Å². The highest BCUT2D eigenvalue weighted by Crippen LogP contribution is 2.31. The van der Waals surface area contributed by atoms with E-state index in [-0.39, 0.29) is 18.1 Å². The number of carbonyl (C=O) groups excluding carboxylic acids is 1. The smallest absolute Gasteiger partial charge is 0.227 e. The Kier molecular flexibility index (Phi) is 4.47. The van der Waals surface area contributed by atoms with Gasteiger partial charge in [-0.15, -0.1) is 0 Å². The van der Waals surface area contributed by atoms with E-state index in [9.17, 15) is 9.18 Å². The van der Waals surface area contributed by atoms with Crippen LogP contribution in [0.25, 0.3) is 11.3 Å². The lowest BCUT2D eigenvalue weighted by molar-refractivity contribution is -0.131. The second-order valence-electron chi connectivity index (χ2n) is 6.31. The molecule has 1 aliphatic heterocycles. The van der Waals surface area contributed by atoms with Crippen molar-refractivity contribution in [3.63, 3.8) is 0 Å². The fraction of sp³-hybridized carbons (Fsp3) is 0.200. The first-order chi connectivity index (χ1) is 12.6. The Bertz CT molecular complexity index is 935. The topological polar surface area (TPSA) is 46.3 Å². The molecular weight excluding hydrogens is 355 g/mol. The molecule has 4 rings (SSSR count). The third-order valence-electron chi connectivity index (χ3n) is 4.57. The van der Waals surface area contributed by atoms with Gasteiger partial charge in [-0.25, -0.2) is 4.39 Å². The van der Waals surface area contributed by atoms with Crippen molar-refractivity contribution >= 4 is 17.5 Å². The largest absolute Gasteiger partial charge is 0.356 e. The maximum atomic E-state index is 13.0. The molecule has 6 heteroatoms. The van der Waals surface area contributed by atoms with Crippen LogP contribution >= 0.6 is 11.6 Å². The van der Waals surface area contributed by atoms with Crippen LogP contribution in [0.1, 0.15) is 16.8 Å². The summed E-state index contributed by atoms with van der Waals surface area (Å²) in [4.78, 5) is 14.3. The summed E-state index contributed by atoms with van der Waals surface area (Å²) < 4.78 is 18.5. The summed E-state index contributed by atoms with van der Waals surface area (Å²) in [6.07, 6.45) is 0.934. The number of hydrogen-bond donors (Lipinski definition) is 0. The minimum Gasteiger partial charge on any atom is -0.356 e. The fourth-order valence-corrected chi connectivity index (χ4v) is 3.29. The van der Waals surface area contributed by atoms with E-state index in [4.69, 9.17) is 16.1 Å². The van der Waals surface area contributed by atoms with E-state index >= 15 is 0 Å². The molecule has 0 saturated carbocycles. The first-order valence-corrected chi connectivity index (χ1v) is 8.73. The molecule has 2 aromatic carbocycles. The van der Waals surface area contributed by atoms with E-state index in [0.717, 1.165) is 28.1 Å². The van der Waals surface area contributed by atoms with Gasteiger partial charge >= 0.3 is 0 Å². The van der Waals surface area contributed by atoms with E-state index in [1.807, 2.05) is 24.3 Å². The van der Waals surface area contributed by atoms with Crippen molar-refractivity contribution in [3.8, 4) is 11.3 Å². The highest BCUT2D eigenvalue weighted by Gasteiger charge is 2.27. The number of halogens is 2. The van der Waals surface area contributed by atoms with Gasteiger partial charge in [0.05, 0.1) is 13.0 Å². The van der Waals surface area contributed by atoms with Crippen molar-refractivity contribution in [1.82, 2.24) is 10.1 Å². The molecule has 0 unspecified atom stereocenters. The average Bonchev–Trinajstić information content (AvgIpc) is 3.07. The Balaban J connectivity index is 1.49. The lowest BCUT2D eigenvalue weighted by atomic mass is 10.00.